The normalized spacial score (nSPS) is 19.5. The van der Waals surface area contributed by atoms with Crippen LogP contribution in [0.15, 0.2) is 48.8 Å². The number of amides is 1. The van der Waals surface area contributed by atoms with Gasteiger partial charge in [-0.15, -0.1) is 6.58 Å². The minimum Gasteiger partial charge on any atom is -0.444 e. The first kappa shape index (κ1) is 19.9. The van der Waals surface area contributed by atoms with Gasteiger partial charge in [0.1, 0.15) is 11.9 Å². The van der Waals surface area contributed by atoms with Crippen molar-refractivity contribution in [3.63, 3.8) is 0 Å². The first-order valence-corrected chi connectivity index (χ1v) is 11.1. The van der Waals surface area contributed by atoms with Gasteiger partial charge in [0.25, 0.3) is 0 Å². The molecule has 154 valence electrons. The lowest BCUT2D eigenvalue weighted by molar-refractivity contribution is 0.137. The number of carbonyl (C=O) groups is 1. The van der Waals surface area contributed by atoms with E-state index in [0.29, 0.717) is 12.2 Å². The summed E-state index contributed by atoms with van der Waals surface area (Å²) < 4.78 is 22.0. The standard InChI is InChI=1S/C22H26FN3O2S/c1-16(2)3-5-19-15-26(22(27)28-19)18-7-8-25(14-18)17-4-6-21(20(23)13-17)24-9-11-29-12-10-24/h4,6-8,13-14,19H,1,3,5,9-12,15H2,2H3/t19-/m0/s1. The number of ether oxygens (including phenoxy) is 1. The number of thioether (sulfide) groups is 1. The second kappa shape index (κ2) is 8.53. The number of cyclic esters (lactones) is 1. The van der Waals surface area contributed by atoms with E-state index >= 15 is 0 Å². The van der Waals surface area contributed by atoms with Gasteiger partial charge in [-0.05, 0) is 44.0 Å². The number of carbonyl (C=O) groups excluding carboxylic acids is 1. The van der Waals surface area contributed by atoms with Crippen molar-refractivity contribution >= 4 is 29.2 Å². The Morgan fingerprint density at radius 1 is 1.28 bits per heavy atom. The topological polar surface area (TPSA) is 37.7 Å². The van der Waals surface area contributed by atoms with Crippen molar-refractivity contribution in [2.24, 2.45) is 0 Å². The molecule has 2 fully saturated rings. The van der Waals surface area contributed by atoms with E-state index in [0.717, 1.165) is 54.4 Å². The molecule has 0 saturated carbocycles. The molecule has 0 radical (unpaired) electrons. The number of nitrogens with zero attached hydrogens (tertiary/aromatic N) is 3. The molecule has 2 aliphatic heterocycles. The van der Waals surface area contributed by atoms with Gasteiger partial charge in [0.05, 0.1) is 17.9 Å². The lowest BCUT2D eigenvalue weighted by Gasteiger charge is -2.29. The average molecular weight is 416 g/mol. The predicted octanol–water partition coefficient (Wildman–Crippen LogP) is 4.85. The van der Waals surface area contributed by atoms with E-state index in [1.165, 1.54) is 0 Å². The van der Waals surface area contributed by atoms with Crippen molar-refractivity contribution in [2.45, 2.75) is 25.9 Å². The monoisotopic (exact) mass is 415 g/mol. The second-order valence-electron chi connectivity index (χ2n) is 7.62. The van der Waals surface area contributed by atoms with Gasteiger partial charge >= 0.3 is 6.09 Å². The highest BCUT2D eigenvalue weighted by Gasteiger charge is 2.32. The van der Waals surface area contributed by atoms with Crippen molar-refractivity contribution in [2.75, 3.05) is 40.9 Å². The van der Waals surface area contributed by atoms with Gasteiger partial charge in [-0.3, -0.25) is 4.90 Å². The van der Waals surface area contributed by atoms with Gasteiger partial charge in [-0.1, -0.05) is 5.57 Å². The third-order valence-electron chi connectivity index (χ3n) is 5.34. The summed E-state index contributed by atoms with van der Waals surface area (Å²) in [7, 11) is 0. The molecule has 5 nitrogen and oxygen atoms in total. The Bertz CT molecular complexity index is 907. The number of rotatable bonds is 6. The molecule has 2 aliphatic rings. The van der Waals surface area contributed by atoms with Crippen LogP contribution in [-0.2, 0) is 4.74 Å². The second-order valence-corrected chi connectivity index (χ2v) is 8.85. The Balaban J connectivity index is 1.47. The van der Waals surface area contributed by atoms with Crippen LogP contribution in [-0.4, -0.2) is 47.9 Å². The zero-order valence-corrected chi connectivity index (χ0v) is 17.5. The number of aromatic nitrogens is 1. The maximum atomic E-state index is 14.7. The predicted molar refractivity (Wildman–Crippen MR) is 117 cm³/mol. The highest BCUT2D eigenvalue weighted by molar-refractivity contribution is 7.99. The molecule has 2 saturated heterocycles. The maximum Gasteiger partial charge on any atom is 0.414 e. The Kier molecular flexibility index (Phi) is 5.85. The SMILES string of the molecule is C=C(C)CC[C@H]1CN(c2ccn(-c3ccc(N4CCSCC4)c(F)c3)c2)C(=O)O1. The number of anilines is 2. The van der Waals surface area contributed by atoms with Crippen LogP contribution in [0.3, 0.4) is 0 Å². The number of allylic oxidation sites excluding steroid dienone is 1. The molecule has 29 heavy (non-hydrogen) atoms. The summed E-state index contributed by atoms with van der Waals surface area (Å²) in [5.74, 6) is 1.84. The summed E-state index contributed by atoms with van der Waals surface area (Å²) >= 11 is 1.90. The van der Waals surface area contributed by atoms with Gasteiger partial charge in [0.15, 0.2) is 0 Å². The fraction of sp³-hybridized carbons (Fsp3) is 0.409. The average Bonchev–Trinajstić information content (AvgIpc) is 3.33. The third-order valence-corrected chi connectivity index (χ3v) is 6.28. The number of halogens is 1. The number of hydrogen-bond acceptors (Lipinski definition) is 4. The molecule has 4 rings (SSSR count). The van der Waals surface area contributed by atoms with Crippen LogP contribution in [0.5, 0.6) is 0 Å². The van der Waals surface area contributed by atoms with E-state index < -0.39 is 0 Å². The summed E-state index contributed by atoms with van der Waals surface area (Å²) in [5, 5.41) is 0. The molecule has 0 spiro atoms. The molecular formula is C22H26FN3O2S. The van der Waals surface area contributed by atoms with Crippen molar-refractivity contribution in [1.82, 2.24) is 4.57 Å². The molecule has 7 heteroatoms. The van der Waals surface area contributed by atoms with Crippen molar-refractivity contribution < 1.29 is 13.9 Å². The van der Waals surface area contributed by atoms with Gasteiger partial charge in [-0.2, -0.15) is 11.8 Å². The summed E-state index contributed by atoms with van der Waals surface area (Å²) in [6, 6.07) is 7.18. The molecule has 0 aliphatic carbocycles. The molecule has 3 heterocycles. The van der Waals surface area contributed by atoms with Crippen molar-refractivity contribution in [1.29, 1.82) is 0 Å². The first-order chi connectivity index (χ1) is 14.0. The summed E-state index contributed by atoms with van der Waals surface area (Å²) in [6.07, 6.45) is 4.85. The first-order valence-electron chi connectivity index (χ1n) is 9.94. The van der Waals surface area contributed by atoms with E-state index in [1.807, 2.05) is 53.8 Å². The molecule has 1 aromatic carbocycles. The molecule has 1 aromatic heterocycles. The lowest BCUT2D eigenvalue weighted by atomic mass is 10.1. The quantitative estimate of drug-likeness (QED) is 0.632. The minimum atomic E-state index is -0.334. The number of benzene rings is 1. The van der Waals surface area contributed by atoms with E-state index in [2.05, 4.69) is 11.5 Å². The summed E-state index contributed by atoms with van der Waals surface area (Å²) in [5.41, 5.74) is 3.23. The Labute approximate surface area is 175 Å². The zero-order chi connectivity index (χ0) is 20.4. The largest absolute Gasteiger partial charge is 0.444 e. The molecule has 1 amide bonds. The Morgan fingerprint density at radius 3 is 2.79 bits per heavy atom. The molecule has 0 unspecified atom stereocenters. The van der Waals surface area contributed by atoms with Crippen LogP contribution in [0.25, 0.3) is 5.69 Å². The van der Waals surface area contributed by atoms with Crippen LogP contribution in [0.1, 0.15) is 19.8 Å². The van der Waals surface area contributed by atoms with Crippen LogP contribution < -0.4 is 9.80 Å². The fourth-order valence-corrected chi connectivity index (χ4v) is 4.62. The highest BCUT2D eigenvalue weighted by atomic mass is 32.2. The molecule has 2 aromatic rings. The van der Waals surface area contributed by atoms with Gasteiger partial charge in [0, 0.05) is 42.7 Å². The molecule has 0 bridgehead atoms. The Hall–Kier alpha value is -2.41. The van der Waals surface area contributed by atoms with Gasteiger partial charge in [-0.25, -0.2) is 9.18 Å². The van der Waals surface area contributed by atoms with E-state index in [9.17, 15) is 9.18 Å². The molecular weight excluding hydrogens is 389 g/mol. The Morgan fingerprint density at radius 2 is 2.07 bits per heavy atom. The summed E-state index contributed by atoms with van der Waals surface area (Å²) in [6.45, 7) is 8.15. The zero-order valence-electron chi connectivity index (χ0n) is 16.6. The van der Waals surface area contributed by atoms with E-state index in [1.54, 1.807) is 11.0 Å². The van der Waals surface area contributed by atoms with E-state index in [-0.39, 0.29) is 18.0 Å². The number of hydrogen-bond donors (Lipinski definition) is 0. The molecule has 0 N–H and O–H groups in total. The maximum absolute atomic E-state index is 14.7. The highest BCUT2D eigenvalue weighted by Crippen LogP contribution is 2.28. The van der Waals surface area contributed by atoms with Crippen LogP contribution in [0.4, 0.5) is 20.6 Å². The minimum absolute atomic E-state index is 0.123. The van der Waals surface area contributed by atoms with Crippen molar-refractivity contribution in [3.8, 4) is 5.69 Å². The van der Waals surface area contributed by atoms with Gasteiger partial charge < -0.3 is 14.2 Å². The third kappa shape index (κ3) is 4.45. The fourth-order valence-electron chi connectivity index (χ4n) is 3.71. The van der Waals surface area contributed by atoms with Crippen molar-refractivity contribution in [3.05, 3.63) is 54.6 Å². The van der Waals surface area contributed by atoms with E-state index in [4.69, 9.17) is 4.74 Å². The molecule has 1 atom stereocenters. The van der Waals surface area contributed by atoms with Crippen LogP contribution in [0, 0.1) is 5.82 Å². The van der Waals surface area contributed by atoms with Crippen LogP contribution in [0.2, 0.25) is 0 Å². The van der Waals surface area contributed by atoms with Gasteiger partial charge in [0.2, 0.25) is 0 Å². The van der Waals surface area contributed by atoms with Crippen LogP contribution >= 0.6 is 11.8 Å². The lowest BCUT2D eigenvalue weighted by Crippen LogP contribution is -2.33. The summed E-state index contributed by atoms with van der Waals surface area (Å²) in [4.78, 5) is 16.0. The smallest absolute Gasteiger partial charge is 0.414 e.